The highest BCUT2D eigenvalue weighted by Crippen LogP contribution is 2.28. The number of nitrogens with zero attached hydrogens (tertiary/aromatic N) is 1. The Morgan fingerprint density at radius 1 is 1.24 bits per heavy atom. The van der Waals surface area contributed by atoms with Crippen molar-refractivity contribution in [3.63, 3.8) is 0 Å². The van der Waals surface area contributed by atoms with E-state index in [1.807, 2.05) is 12.1 Å². The summed E-state index contributed by atoms with van der Waals surface area (Å²) in [7, 11) is 1.31. The third kappa shape index (κ3) is 3.94. The molecule has 1 heterocycles. The second-order valence-corrected chi connectivity index (χ2v) is 6.26. The van der Waals surface area contributed by atoms with Gasteiger partial charge in [0.15, 0.2) is 0 Å². The number of carbonyl (C=O) groups excluding carboxylic acids is 2. The van der Waals surface area contributed by atoms with Crippen LogP contribution in [-0.2, 0) is 16.0 Å². The molecule has 0 aliphatic carbocycles. The Morgan fingerprint density at radius 3 is 2.84 bits per heavy atom. The first-order valence-corrected chi connectivity index (χ1v) is 8.47. The van der Waals surface area contributed by atoms with Crippen LogP contribution in [0.25, 0.3) is 0 Å². The zero-order valence-corrected chi connectivity index (χ0v) is 14.7. The van der Waals surface area contributed by atoms with Crippen LogP contribution in [0.3, 0.4) is 0 Å². The SMILES string of the molecule is COC(=O)c1ccc(Cl)c(NC(=O)CCN2CCc3ccccc32)c1. The maximum Gasteiger partial charge on any atom is 0.337 e. The molecule has 0 aromatic heterocycles. The smallest absolute Gasteiger partial charge is 0.337 e. The molecule has 0 radical (unpaired) electrons. The van der Waals surface area contributed by atoms with Crippen molar-refractivity contribution in [1.82, 2.24) is 0 Å². The minimum Gasteiger partial charge on any atom is -0.465 e. The van der Waals surface area contributed by atoms with Gasteiger partial charge < -0.3 is 15.0 Å². The molecular formula is C19H19ClN2O3. The fourth-order valence-corrected chi connectivity index (χ4v) is 3.12. The number of ether oxygens (including phenoxy) is 1. The van der Waals surface area contributed by atoms with Crippen molar-refractivity contribution in [2.24, 2.45) is 0 Å². The summed E-state index contributed by atoms with van der Waals surface area (Å²) in [6.07, 6.45) is 1.35. The van der Waals surface area contributed by atoms with E-state index in [2.05, 4.69) is 27.1 Å². The van der Waals surface area contributed by atoms with E-state index >= 15 is 0 Å². The summed E-state index contributed by atoms with van der Waals surface area (Å²) >= 11 is 6.11. The van der Waals surface area contributed by atoms with Gasteiger partial charge in [-0.05, 0) is 36.2 Å². The molecule has 1 N–H and O–H groups in total. The minimum atomic E-state index is -0.471. The van der Waals surface area contributed by atoms with Crippen molar-refractivity contribution in [3.8, 4) is 0 Å². The van der Waals surface area contributed by atoms with E-state index in [4.69, 9.17) is 11.6 Å². The number of hydrogen-bond acceptors (Lipinski definition) is 4. The number of benzene rings is 2. The molecule has 25 heavy (non-hydrogen) atoms. The number of rotatable bonds is 5. The number of carbonyl (C=O) groups is 2. The highest BCUT2D eigenvalue weighted by Gasteiger charge is 2.19. The normalized spacial score (nSPS) is 12.6. The first kappa shape index (κ1) is 17.3. The predicted molar refractivity (Wildman–Crippen MR) is 98.4 cm³/mol. The fraction of sp³-hybridized carbons (Fsp3) is 0.263. The Morgan fingerprint density at radius 2 is 2.04 bits per heavy atom. The van der Waals surface area contributed by atoms with Crippen molar-refractivity contribution in [2.45, 2.75) is 12.8 Å². The van der Waals surface area contributed by atoms with Gasteiger partial charge in [-0.2, -0.15) is 0 Å². The van der Waals surface area contributed by atoms with Crippen LogP contribution in [0.1, 0.15) is 22.3 Å². The molecule has 1 amide bonds. The van der Waals surface area contributed by atoms with Crippen LogP contribution in [0, 0.1) is 0 Å². The molecule has 6 heteroatoms. The van der Waals surface area contributed by atoms with E-state index in [1.54, 1.807) is 12.1 Å². The third-order valence-electron chi connectivity index (χ3n) is 4.25. The van der Waals surface area contributed by atoms with Gasteiger partial charge in [0.05, 0.1) is 23.4 Å². The quantitative estimate of drug-likeness (QED) is 0.831. The standard InChI is InChI=1S/C19H19ClN2O3/c1-25-19(24)14-6-7-15(20)16(12-14)21-18(23)9-11-22-10-8-13-4-2-3-5-17(13)22/h2-7,12H,8-11H2,1H3,(H,21,23). The molecule has 3 rings (SSSR count). The summed E-state index contributed by atoms with van der Waals surface area (Å²) in [5.74, 6) is -0.617. The van der Waals surface area contributed by atoms with Crippen LogP contribution in [0.15, 0.2) is 42.5 Å². The van der Waals surface area contributed by atoms with Crippen LogP contribution in [0.5, 0.6) is 0 Å². The number of fused-ring (bicyclic) bond motifs is 1. The third-order valence-corrected chi connectivity index (χ3v) is 4.58. The van der Waals surface area contributed by atoms with Crippen molar-refractivity contribution < 1.29 is 14.3 Å². The lowest BCUT2D eigenvalue weighted by atomic mass is 10.2. The molecule has 2 aromatic rings. The van der Waals surface area contributed by atoms with E-state index in [0.29, 0.717) is 29.2 Å². The summed E-state index contributed by atoms with van der Waals surface area (Å²) in [6.45, 7) is 1.56. The topological polar surface area (TPSA) is 58.6 Å². The molecule has 0 atom stereocenters. The molecule has 5 nitrogen and oxygen atoms in total. The van der Waals surface area contributed by atoms with Crippen LogP contribution < -0.4 is 10.2 Å². The number of methoxy groups -OCH3 is 1. The zero-order chi connectivity index (χ0) is 17.8. The Hall–Kier alpha value is -2.53. The number of amides is 1. The number of hydrogen-bond donors (Lipinski definition) is 1. The average Bonchev–Trinajstić information content (AvgIpc) is 3.04. The van der Waals surface area contributed by atoms with E-state index in [0.717, 1.165) is 13.0 Å². The summed E-state index contributed by atoms with van der Waals surface area (Å²) < 4.78 is 4.68. The largest absolute Gasteiger partial charge is 0.465 e. The monoisotopic (exact) mass is 358 g/mol. The molecule has 2 aromatic carbocycles. The molecule has 1 aliphatic heterocycles. The number of nitrogens with one attached hydrogen (secondary N) is 1. The van der Waals surface area contributed by atoms with Gasteiger partial charge in [0.1, 0.15) is 0 Å². The van der Waals surface area contributed by atoms with E-state index < -0.39 is 5.97 Å². The lowest BCUT2D eigenvalue weighted by Crippen LogP contribution is -2.26. The number of anilines is 2. The van der Waals surface area contributed by atoms with Gasteiger partial charge in [-0.3, -0.25) is 4.79 Å². The first-order chi connectivity index (χ1) is 12.1. The highest BCUT2D eigenvalue weighted by molar-refractivity contribution is 6.33. The van der Waals surface area contributed by atoms with Crippen molar-refractivity contribution >= 4 is 34.9 Å². The Bertz CT molecular complexity index is 807. The van der Waals surface area contributed by atoms with E-state index in [9.17, 15) is 9.59 Å². The lowest BCUT2D eigenvalue weighted by Gasteiger charge is -2.19. The fourth-order valence-electron chi connectivity index (χ4n) is 2.95. The maximum absolute atomic E-state index is 12.3. The van der Waals surface area contributed by atoms with Crippen LogP contribution in [-0.4, -0.2) is 32.1 Å². The highest BCUT2D eigenvalue weighted by atomic mass is 35.5. The molecule has 0 bridgehead atoms. The summed E-state index contributed by atoms with van der Waals surface area (Å²) in [5, 5.41) is 3.15. The van der Waals surface area contributed by atoms with E-state index in [1.165, 1.54) is 24.4 Å². The van der Waals surface area contributed by atoms with Crippen molar-refractivity contribution in [3.05, 3.63) is 58.6 Å². The molecule has 130 valence electrons. The molecule has 0 fully saturated rings. The average molecular weight is 359 g/mol. The van der Waals surface area contributed by atoms with Gasteiger partial charge in [-0.25, -0.2) is 4.79 Å². The second kappa shape index (κ2) is 7.57. The van der Waals surface area contributed by atoms with Crippen LogP contribution in [0.2, 0.25) is 5.02 Å². The van der Waals surface area contributed by atoms with Gasteiger partial charge in [0, 0.05) is 25.2 Å². The molecular weight excluding hydrogens is 340 g/mol. The molecule has 0 saturated carbocycles. The van der Waals surface area contributed by atoms with Gasteiger partial charge in [-0.1, -0.05) is 29.8 Å². The maximum atomic E-state index is 12.3. The van der Waals surface area contributed by atoms with E-state index in [-0.39, 0.29) is 5.91 Å². The second-order valence-electron chi connectivity index (χ2n) is 5.85. The molecule has 0 unspecified atom stereocenters. The van der Waals surface area contributed by atoms with Crippen molar-refractivity contribution in [2.75, 3.05) is 30.4 Å². The van der Waals surface area contributed by atoms with Crippen LogP contribution in [0.4, 0.5) is 11.4 Å². The lowest BCUT2D eigenvalue weighted by molar-refractivity contribution is -0.116. The number of esters is 1. The predicted octanol–water partition coefficient (Wildman–Crippen LogP) is 3.52. The number of para-hydroxylation sites is 1. The number of halogens is 1. The Kier molecular flexibility index (Phi) is 5.24. The molecule has 0 spiro atoms. The summed E-state index contributed by atoms with van der Waals surface area (Å²) in [6, 6.07) is 12.9. The van der Waals surface area contributed by atoms with Crippen molar-refractivity contribution in [1.29, 1.82) is 0 Å². The molecule has 1 aliphatic rings. The minimum absolute atomic E-state index is 0.145. The van der Waals surface area contributed by atoms with Gasteiger partial charge in [0.2, 0.25) is 5.91 Å². The van der Waals surface area contributed by atoms with Gasteiger partial charge in [-0.15, -0.1) is 0 Å². The zero-order valence-electron chi connectivity index (χ0n) is 13.9. The Balaban J connectivity index is 1.61. The van der Waals surface area contributed by atoms with Gasteiger partial charge in [0.25, 0.3) is 0 Å². The van der Waals surface area contributed by atoms with Crippen LogP contribution >= 0.6 is 11.6 Å². The summed E-state index contributed by atoms with van der Waals surface area (Å²) in [4.78, 5) is 26.1. The first-order valence-electron chi connectivity index (χ1n) is 8.09. The molecule has 0 saturated heterocycles. The van der Waals surface area contributed by atoms with Gasteiger partial charge >= 0.3 is 5.97 Å². The summed E-state index contributed by atoms with van der Waals surface area (Å²) in [5.41, 5.74) is 3.27. The Labute approximate surface area is 151 Å².